The van der Waals surface area contributed by atoms with Crippen LogP contribution in [-0.2, 0) is 0 Å². The zero-order valence-electron chi connectivity index (χ0n) is 10.9. The van der Waals surface area contributed by atoms with Crippen molar-refractivity contribution in [2.24, 2.45) is 0 Å². The van der Waals surface area contributed by atoms with Gasteiger partial charge in [-0.25, -0.2) is 4.79 Å². The second kappa shape index (κ2) is 6.80. The van der Waals surface area contributed by atoms with Gasteiger partial charge in [0, 0.05) is 0 Å². The Hall–Kier alpha value is -1.82. The van der Waals surface area contributed by atoms with E-state index in [-0.39, 0.29) is 5.92 Å². The summed E-state index contributed by atoms with van der Waals surface area (Å²) < 4.78 is 0. The molecule has 0 aliphatic heterocycles. The second-order valence-corrected chi connectivity index (χ2v) is 4.62. The molecule has 0 aliphatic rings. The Labute approximate surface area is 108 Å². The fourth-order valence-corrected chi connectivity index (χ4v) is 2.09. The molecule has 0 fully saturated rings. The first-order chi connectivity index (χ1) is 8.60. The summed E-state index contributed by atoms with van der Waals surface area (Å²) in [6.07, 6.45) is 4.36. The maximum Gasteiger partial charge on any atom is 0.335 e. The molecule has 18 heavy (non-hydrogen) atoms. The summed E-state index contributed by atoms with van der Waals surface area (Å²) in [6, 6.07) is 6.87. The van der Waals surface area contributed by atoms with Crippen molar-refractivity contribution in [3.8, 4) is 6.07 Å². The lowest BCUT2D eigenvalue weighted by atomic mass is 9.90. The van der Waals surface area contributed by atoms with Crippen LogP contribution in [-0.4, -0.2) is 11.1 Å². The molecule has 3 heteroatoms. The van der Waals surface area contributed by atoms with Crippen molar-refractivity contribution >= 4 is 5.97 Å². The van der Waals surface area contributed by atoms with Crippen LogP contribution < -0.4 is 0 Å². The molecule has 0 saturated heterocycles. The molecular formula is C15H19NO2. The molecule has 0 amide bonds. The van der Waals surface area contributed by atoms with E-state index >= 15 is 0 Å². The first kappa shape index (κ1) is 14.2. The molecule has 0 aromatic heterocycles. The maximum absolute atomic E-state index is 11.2. The Morgan fingerprint density at radius 1 is 1.44 bits per heavy atom. The molecule has 0 radical (unpaired) electrons. The van der Waals surface area contributed by atoms with E-state index in [1.807, 2.05) is 6.92 Å². The number of aromatic carboxylic acids is 1. The molecule has 0 saturated carbocycles. The first-order valence-electron chi connectivity index (χ1n) is 6.37. The highest BCUT2D eigenvalue weighted by molar-refractivity contribution is 5.89. The van der Waals surface area contributed by atoms with Crippen molar-refractivity contribution in [3.63, 3.8) is 0 Å². The Morgan fingerprint density at radius 3 is 2.72 bits per heavy atom. The predicted molar refractivity (Wildman–Crippen MR) is 70.7 cm³/mol. The van der Waals surface area contributed by atoms with Gasteiger partial charge in [-0.1, -0.05) is 33.1 Å². The Balaban J connectivity index is 2.96. The van der Waals surface area contributed by atoms with Crippen LogP contribution in [0, 0.1) is 11.3 Å². The zero-order valence-corrected chi connectivity index (χ0v) is 10.9. The molecule has 1 N–H and O–H groups in total. The van der Waals surface area contributed by atoms with Gasteiger partial charge in [-0.15, -0.1) is 0 Å². The average Bonchev–Trinajstić information content (AvgIpc) is 2.38. The van der Waals surface area contributed by atoms with Crippen LogP contribution in [0.3, 0.4) is 0 Å². The van der Waals surface area contributed by atoms with Crippen molar-refractivity contribution in [1.29, 1.82) is 5.26 Å². The lowest BCUT2D eigenvalue weighted by Gasteiger charge is -2.14. The van der Waals surface area contributed by atoms with Crippen LogP contribution in [0.25, 0.3) is 0 Å². The van der Waals surface area contributed by atoms with E-state index in [1.54, 1.807) is 12.1 Å². The van der Waals surface area contributed by atoms with Crippen LogP contribution in [0.5, 0.6) is 0 Å². The number of rotatable bonds is 6. The highest BCUT2D eigenvalue weighted by atomic mass is 16.4. The van der Waals surface area contributed by atoms with E-state index in [1.165, 1.54) is 6.07 Å². The third kappa shape index (κ3) is 3.59. The van der Waals surface area contributed by atoms with Gasteiger partial charge in [0.15, 0.2) is 0 Å². The predicted octanol–water partition coefficient (Wildman–Crippen LogP) is 3.94. The number of unbranched alkanes of at least 4 members (excludes halogenated alkanes) is 2. The molecule has 1 rings (SSSR count). The Bertz CT molecular complexity index is 460. The van der Waals surface area contributed by atoms with Crippen LogP contribution in [0.1, 0.15) is 66.9 Å². The molecule has 0 spiro atoms. The molecular weight excluding hydrogens is 226 g/mol. The normalized spacial score (nSPS) is 11.8. The van der Waals surface area contributed by atoms with Gasteiger partial charge in [0.2, 0.25) is 0 Å². The molecule has 0 aliphatic carbocycles. The minimum atomic E-state index is -0.920. The number of hydrogen-bond acceptors (Lipinski definition) is 2. The molecule has 3 nitrogen and oxygen atoms in total. The van der Waals surface area contributed by atoms with Gasteiger partial charge in [0.1, 0.15) is 0 Å². The molecule has 96 valence electrons. The monoisotopic (exact) mass is 245 g/mol. The number of carbonyl (C=O) groups is 1. The quantitative estimate of drug-likeness (QED) is 0.772. The Kier molecular flexibility index (Phi) is 5.38. The first-order valence-corrected chi connectivity index (χ1v) is 6.37. The highest BCUT2D eigenvalue weighted by Crippen LogP contribution is 2.26. The van der Waals surface area contributed by atoms with E-state index in [0.717, 1.165) is 31.2 Å². The summed E-state index contributed by atoms with van der Waals surface area (Å²) in [5.74, 6) is -0.743. The summed E-state index contributed by atoms with van der Waals surface area (Å²) in [5.41, 5.74) is 1.62. The highest BCUT2D eigenvalue weighted by Gasteiger charge is 2.16. The van der Waals surface area contributed by atoms with Gasteiger partial charge in [0.05, 0.1) is 17.2 Å². The minimum absolute atomic E-state index is 0.177. The van der Waals surface area contributed by atoms with E-state index in [4.69, 9.17) is 10.4 Å². The lowest BCUT2D eigenvalue weighted by Crippen LogP contribution is -2.06. The fraction of sp³-hybridized carbons (Fsp3) is 0.467. The second-order valence-electron chi connectivity index (χ2n) is 4.62. The summed E-state index contributed by atoms with van der Waals surface area (Å²) >= 11 is 0. The van der Waals surface area contributed by atoms with E-state index in [9.17, 15) is 4.79 Å². The molecule has 0 heterocycles. The fourth-order valence-electron chi connectivity index (χ4n) is 2.09. The van der Waals surface area contributed by atoms with E-state index < -0.39 is 5.97 Å². The number of benzene rings is 1. The summed E-state index contributed by atoms with van der Waals surface area (Å²) in [4.78, 5) is 11.2. The summed E-state index contributed by atoms with van der Waals surface area (Å²) in [6.45, 7) is 4.17. The van der Waals surface area contributed by atoms with Gasteiger partial charge < -0.3 is 5.11 Å². The van der Waals surface area contributed by atoms with E-state index in [0.29, 0.717) is 11.1 Å². The lowest BCUT2D eigenvalue weighted by molar-refractivity contribution is 0.0695. The topological polar surface area (TPSA) is 61.1 Å². The molecule has 1 aromatic carbocycles. The zero-order chi connectivity index (χ0) is 13.5. The average molecular weight is 245 g/mol. The molecule has 1 unspecified atom stereocenters. The van der Waals surface area contributed by atoms with Gasteiger partial charge in [0.25, 0.3) is 0 Å². The smallest absolute Gasteiger partial charge is 0.335 e. The minimum Gasteiger partial charge on any atom is -0.478 e. The summed E-state index contributed by atoms with van der Waals surface area (Å²) in [7, 11) is 0. The Morgan fingerprint density at radius 2 is 2.17 bits per heavy atom. The van der Waals surface area contributed by atoms with Crippen LogP contribution in [0.2, 0.25) is 0 Å². The van der Waals surface area contributed by atoms with E-state index in [2.05, 4.69) is 13.0 Å². The van der Waals surface area contributed by atoms with Crippen LogP contribution in [0.15, 0.2) is 18.2 Å². The number of carboxylic acid groups (broad SMARTS) is 1. The van der Waals surface area contributed by atoms with Crippen molar-refractivity contribution < 1.29 is 9.90 Å². The van der Waals surface area contributed by atoms with Crippen molar-refractivity contribution in [3.05, 3.63) is 34.9 Å². The standard InChI is InChI=1S/C15H19NO2/c1-3-4-5-6-11(2)14-9-12(10-16)7-8-13(14)15(17)18/h7-9,11H,3-6H2,1-2H3,(H,17,18). The SMILES string of the molecule is CCCCCC(C)c1cc(C#N)ccc1C(=O)O. The van der Waals surface area contributed by atoms with Crippen LogP contribution >= 0.6 is 0 Å². The summed E-state index contributed by atoms with van der Waals surface area (Å²) in [5, 5.41) is 18.1. The van der Waals surface area contributed by atoms with Gasteiger partial charge in [-0.05, 0) is 36.1 Å². The number of hydrogen-bond donors (Lipinski definition) is 1. The third-order valence-electron chi connectivity index (χ3n) is 3.18. The molecule has 1 aromatic rings. The van der Waals surface area contributed by atoms with Crippen LogP contribution in [0.4, 0.5) is 0 Å². The van der Waals surface area contributed by atoms with Gasteiger partial charge >= 0.3 is 5.97 Å². The van der Waals surface area contributed by atoms with Gasteiger partial charge in [-0.2, -0.15) is 5.26 Å². The number of nitrogens with zero attached hydrogens (tertiary/aromatic N) is 1. The van der Waals surface area contributed by atoms with Crippen molar-refractivity contribution in [2.45, 2.75) is 45.4 Å². The van der Waals surface area contributed by atoms with Crippen molar-refractivity contribution in [2.75, 3.05) is 0 Å². The number of carboxylic acids is 1. The molecule has 1 atom stereocenters. The van der Waals surface area contributed by atoms with Gasteiger partial charge in [-0.3, -0.25) is 0 Å². The largest absolute Gasteiger partial charge is 0.478 e. The third-order valence-corrected chi connectivity index (χ3v) is 3.18. The number of nitriles is 1. The van der Waals surface area contributed by atoms with Crippen molar-refractivity contribution in [1.82, 2.24) is 0 Å². The maximum atomic E-state index is 11.2. The molecule has 0 bridgehead atoms.